The Kier molecular flexibility index (Phi) is 4.30. The number of nitrogens with zero attached hydrogens (tertiary/aromatic N) is 1. The van der Waals surface area contributed by atoms with E-state index in [1.165, 1.54) is 6.92 Å². The first-order chi connectivity index (χ1) is 10.4. The van der Waals surface area contributed by atoms with Crippen molar-refractivity contribution in [3.05, 3.63) is 41.8 Å². The highest BCUT2D eigenvalue weighted by Crippen LogP contribution is 2.22. The highest BCUT2D eigenvalue weighted by molar-refractivity contribution is 5.97. The Hall–Kier alpha value is -2.63. The Labute approximate surface area is 128 Å². The van der Waals surface area contributed by atoms with Gasteiger partial charge >= 0.3 is 5.97 Å². The maximum Gasteiger partial charge on any atom is 0.329 e. The van der Waals surface area contributed by atoms with Crippen LogP contribution in [-0.4, -0.2) is 27.5 Å². The second-order valence-electron chi connectivity index (χ2n) is 5.23. The molecule has 0 fully saturated rings. The van der Waals surface area contributed by atoms with Gasteiger partial charge in [0, 0.05) is 5.56 Å². The summed E-state index contributed by atoms with van der Waals surface area (Å²) in [5.74, 6) is -0.972. The van der Waals surface area contributed by atoms with Crippen molar-refractivity contribution in [3.63, 3.8) is 0 Å². The normalized spacial score (nSPS) is 13.4. The van der Waals surface area contributed by atoms with Crippen LogP contribution in [0, 0.1) is 6.92 Å². The largest absolute Gasteiger partial charge is 0.480 e. The SMILES string of the molecule is CCC(C)(NC(=O)c1nc(-c2ccccc2)oc1C)C(=O)O. The Morgan fingerprint density at radius 2 is 1.95 bits per heavy atom. The molecule has 1 aromatic heterocycles. The summed E-state index contributed by atoms with van der Waals surface area (Å²) < 4.78 is 5.51. The van der Waals surface area contributed by atoms with Gasteiger partial charge in [-0.1, -0.05) is 25.1 Å². The number of carboxylic acids is 1. The molecule has 0 radical (unpaired) electrons. The quantitative estimate of drug-likeness (QED) is 0.885. The van der Waals surface area contributed by atoms with Crippen LogP contribution in [0.25, 0.3) is 11.5 Å². The molecule has 1 atom stereocenters. The third-order valence-electron chi connectivity index (χ3n) is 3.60. The predicted molar refractivity (Wildman–Crippen MR) is 80.5 cm³/mol. The average molecular weight is 302 g/mol. The van der Waals surface area contributed by atoms with Crippen molar-refractivity contribution in [3.8, 4) is 11.5 Å². The maximum atomic E-state index is 12.3. The molecule has 116 valence electrons. The molecule has 2 N–H and O–H groups in total. The van der Waals surface area contributed by atoms with Crippen LogP contribution in [0.5, 0.6) is 0 Å². The first-order valence-corrected chi connectivity index (χ1v) is 6.96. The molecule has 2 aromatic rings. The van der Waals surface area contributed by atoms with Gasteiger partial charge in [-0.3, -0.25) is 4.79 Å². The number of rotatable bonds is 5. The van der Waals surface area contributed by atoms with Crippen LogP contribution in [0.2, 0.25) is 0 Å². The smallest absolute Gasteiger partial charge is 0.329 e. The van der Waals surface area contributed by atoms with Gasteiger partial charge in [0.1, 0.15) is 11.3 Å². The summed E-state index contributed by atoms with van der Waals surface area (Å²) in [6.07, 6.45) is 0.260. The number of nitrogens with one attached hydrogen (secondary N) is 1. The van der Waals surface area contributed by atoms with Crippen LogP contribution in [-0.2, 0) is 4.79 Å². The van der Waals surface area contributed by atoms with Crippen LogP contribution < -0.4 is 5.32 Å². The second-order valence-corrected chi connectivity index (χ2v) is 5.23. The van der Waals surface area contributed by atoms with Crippen LogP contribution in [0.15, 0.2) is 34.7 Å². The molecule has 6 heteroatoms. The number of aryl methyl sites for hydroxylation is 1. The number of hydrogen-bond donors (Lipinski definition) is 2. The Bertz CT molecular complexity index is 693. The number of benzene rings is 1. The van der Waals surface area contributed by atoms with E-state index in [-0.39, 0.29) is 12.1 Å². The minimum Gasteiger partial charge on any atom is -0.480 e. The van der Waals surface area contributed by atoms with Crippen molar-refractivity contribution >= 4 is 11.9 Å². The molecule has 0 saturated heterocycles. The number of hydrogen-bond acceptors (Lipinski definition) is 4. The molecule has 1 heterocycles. The van der Waals surface area contributed by atoms with E-state index >= 15 is 0 Å². The molecule has 0 aliphatic heterocycles. The molecule has 1 amide bonds. The molecule has 0 aliphatic carbocycles. The molecule has 0 aliphatic rings. The van der Waals surface area contributed by atoms with Crippen LogP contribution in [0.3, 0.4) is 0 Å². The van der Waals surface area contributed by atoms with Gasteiger partial charge < -0.3 is 14.8 Å². The standard InChI is InChI=1S/C16H18N2O4/c1-4-16(3,15(20)21)18-13(19)12-10(2)22-14(17-12)11-8-6-5-7-9-11/h5-9H,4H2,1-3H3,(H,18,19)(H,20,21). The van der Waals surface area contributed by atoms with Crippen LogP contribution in [0.4, 0.5) is 0 Å². The van der Waals surface area contributed by atoms with Gasteiger partial charge in [0.15, 0.2) is 5.69 Å². The summed E-state index contributed by atoms with van der Waals surface area (Å²) in [5.41, 5.74) is -0.490. The van der Waals surface area contributed by atoms with Gasteiger partial charge in [0.05, 0.1) is 0 Å². The zero-order valence-corrected chi connectivity index (χ0v) is 12.7. The lowest BCUT2D eigenvalue weighted by atomic mass is 9.99. The van der Waals surface area contributed by atoms with Gasteiger partial charge in [-0.2, -0.15) is 0 Å². The third kappa shape index (κ3) is 3.00. The number of amides is 1. The Morgan fingerprint density at radius 1 is 1.32 bits per heavy atom. The monoisotopic (exact) mass is 302 g/mol. The fourth-order valence-corrected chi connectivity index (χ4v) is 1.91. The molecule has 2 rings (SSSR count). The first-order valence-electron chi connectivity index (χ1n) is 6.96. The average Bonchev–Trinajstić information content (AvgIpc) is 2.90. The zero-order chi connectivity index (χ0) is 16.3. The van der Waals surface area contributed by atoms with E-state index in [9.17, 15) is 14.7 Å². The van der Waals surface area contributed by atoms with E-state index in [4.69, 9.17) is 4.42 Å². The molecule has 22 heavy (non-hydrogen) atoms. The van der Waals surface area contributed by atoms with Crippen LogP contribution in [0.1, 0.15) is 36.5 Å². The fraction of sp³-hybridized carbons (Fsp3) is 0.312. The highest BCUT2D eigenvalue weighted by atomic mass is 16.4. The summed E-state index contributed by atoms with van der Waals surface area (Å²) in [5, 5.41) is 11.7. The van der Waals surface area contributed by atoms with E-state index < -0.39 is 17.4 Å². The van der Waals surface area contributed by atoms with Gasteiger partial charge in [-0.15, -0.1) is 0 Å². The summed E-state index contributed by atoms with van der Waals surface area (Å²) in [6, 6.07) is 9.19. The molecule has 1 aromatic carbocycles. The third-order valence-corrected chi connectivity index (χ3v) is 3.60. The van der Waals surface area contributed by atoms with Crippen molar-refractivity contribution in [1.29, 1.82) is 0 Å². The minimum absolute atomic E-state index is 0.0970. The minimum atomic E-state index is -1.34. The predicted octanol–water partition coefficient (Wildman–Crippen LogP) is 2.63. The van der Waals surface area contributed by atoms with Crippen molar-refractivity contribution in [1.82, 2.24) is 10.3 Å². The summed E-state index contributed by atoms with van der Waals surface area (Å²) in [7, 11) is 0. The van der Waals surface area contributed by atoms with Crippen molar-refractivity contribution in [2.45, 2.75) is 32.7 Å². The zero-order valence-electron chi connectivity index (χ0n) is 12.7. The number of aliphatic carboxylic acids is 1. The van der Waals surface area contributed by atoms with Gasteiger partial charge in [0.2, 0.25) is 5.89 Å². The summed E-state index contributed by atoms with van der Waals surface area (Å²) in [6.45, 7) is 4.78. The first kappa shape index (κ1) is 15.8. The van der Waals surface area contributed by atoms with Crippen molar-refractivity contribution < 1.29 is 19.1 Å². The lowest BCUT2D eigenvalue weighted by Gasteiger charge is -2.23. The van der Waals surface area contributed by atoms with Gasteiger partial charge in [-0.05, 0) is 32.4 Å². The van der Waals surface area contributed by atoms with E-state index in [0.717, 1.165) is 5.56 Å². The van der Waals surface area contributed by atoms with Crippen LogP contribution >= 0.6 is 0 Å². The van der Waals surface area contributed by atoms with Gasteiger partial charge in [0.25, 0.3) is 5.91 Å². The molecule has 0 bridgehead atoms. The number of carbonyl (C=O) groups excluding carboxylic acids is 1. The highest BCUT2D eigenvalue weighted by Gasteiger charge is 2.34. The number of carboxylic acid groups (broad SMARTS) is 1. The van der Waals surface area contributed by atoms with E-state index in [0.29, 0.717) is 11.7 Å². The van der Waals surface area contributed by atoms with E-state index in [2.05, 4.69) is 10.3 Å². The fourth-order valence-electron chi connectivity index (χ4n) is 1.91. The summed E-state index contributed by atoms with van der Waals surface area (Å²) >= 11 is 0. The van der Waals surface area contributed by atoms with Crippen molar-refractivity contribution in [2.24, 2.45) is 0 Å². The second kappa shape index (κ2) is 6.01. The molecule has 0 spiro atoms. The van der Waals surface area contributed by atoms with Crippen molar-refractivity contribution in [2.75, 3.05) is 0 Å². The number of oxazole rings is 1. The Balaban J connectivity index is 2.28. The van der Waals surface area contributed by atoms with E-state index in [1.54, 1.807) is 13.8 Å². The number of aromatic nitrogens is 1. The lowest BCUT2D eigenvalue weighted by molar-refractivity contribution is -0.143. The molecule has 1 unspecified atom stereocenters. The molecular weight excluding hydrogens is 284 g/mol. The van der Waals surface area contributed by atoms with Gasteiger partial charge in [-0.25, -0.2) is 9.78 Å². The maximum absolute atomic E-state index is 12.3. The molecule has 6 nitrogen and oxygen atoms in total. The topological polar surface area (TPSA) is 92.4 Å². The van der Waals surface area contributed by atoms with E-state index in [1.807, 2.05) is 30.3 Å². The number of carbonyl (C=O) groups is 2. The molecular formula is C16H18N2O4. The lowest BCUT2D eigenvalue weighted by Crippen LogP contribution is -2.51. The molecule has 0 saturated carbocycles. The summed E-state index contributed by atoms with van der Waals surface area (Å²) in [4.78, 5) is 27.8. The Morgan fingerprint density at radius 3 is 2.50 bits per heavy atom.